The molecular formula is C15H28N2O. The van der Waals surface area contributed by atoms with Gasteiger partial charge in [-0.2, -0.15) is 0 Å². The van der Waals surface area contributed by atoms with Gasteiger partial charge in [0.15, 0.2) is 0 Å². The molecule has 3 heteroatoms. The lowest BCUT2D eigenvalue weighted by molar-refractivity contribution is 0.189. The SMILES string of the molecule is CCC1(CC)CCN(C(=O)NC2CCCCC2)C1. The summed E-state index contributed by atoms with van der Waals surface area (Å²) >= 11 is 0. The molecule has 1 N–H and O–H groups in total. The van der Waals surface area contributed by atoms with E-state index in [0.29, 0.717) is 11.5 Å². The first-order chi connectivity index (χ1) is 8.69. The van der Waals surface area contributed by atoms with Gasteiger partial charge in [-0.25, -0.2) is 4.79 Å². The summed E-state index contributed by atoms with van der Waals surface area (Å²) in [6, 6.07) is 0.621. The van der Waals surface area contributed by atoms with Gasteiger partial charge in [-0.05, 0) is 37.5 Å². The number of nitrogens with one attached hydrogen (secondary N) is 1. The molecule has 0 spiro atoms. The quantitative estimate of drug-likeness (QED) is 0.818. The summed E-state index contributed by atoms with van der Waals surface area (Å²) in [6.07, 6.45) is 9.80. The maximum Gasteiger partial charge on any atom is 0.317 e. The number of carbonyl (C=O) groups is 1. The molecule has 2 fully saturated rings. The molecule has 0 unspecified atom stereocenters. The van der Waals surface area contributed by atoms with E-state index in [1.165, 1.54) is 51.4 Å². The van der Waals surface area contributed by atoms with Crippen molar-refractivity contribution in [2.24, 2.45) is 5.41 Å². The maximum atomic E-state index is 12.2. The summed E-state index contributed by atoms with van der Waals surface area (Å²) < 4.78 is 0. The second-order valence-electron chi connectivity index (χ2n) is 6.16. The second-order valence-corrected chi connectivity index (χ2v) is 6.16. The summed E-state index contributed by atoms with van der Waals surface area (Å²) in [6.45, 7) is 6.41. The van der Waals surface area contributed by atoms with Gasteiger partial charge in [-0.3, -0.25) is 0 Å². The first-order valence-electron chi connectivity index (χ1n) is 7.74. The van der Waals surface area contributed by atoms with Crippen LogP contribution in [0.4, 0.5) is 4.79 Å². The molecule has 3 nitrogen and oxygen atoms in total. The number of hydrogen-bond donors (Lipinski definition) is 1. The van der Waals surface area contributed by atoms with Crippen molar-refractivity contribution in [3.05, 3.63) is 0 Å². The Morgan fingerprint density at radius 2 is 1.89 bits per heavy atom. The Bertz CT molecular complexity index is 280. The topological polar surface area (TPSA) is 32.3 Å². The minimum atomic E-state index is 0.186. The van der Waals surface area contributed by atoms with Crippen LogP contribution in [0.2, 0.25) is 0 Å². The van der Waals surface area contributed by atoms with Crippen molar-refractivity contribution in [1.82, 2.24) is 10.2 Å². The van der Waals surface area contributed by atoms with Gasteiger partial charge in [0.05, 0.1) is 0 Å². The van der Waals surface area contributed by atoms with Crippen LogP contribution in [-0.2, 0) is 0 Å². The number of urea groups is 1. The van der Waals surface area contributed by atoms with E-state index in [0.717, 1.165) is 13.1 Å². The standard InChI is InChI=1S/C15H28N2O/c1-3-15(4-2)10-11-17(12-15)14(18)16-13-8-6-5-7-9-13/h13H,3-12H2,1-2H3,(H,16,18). The van der Waals surface area contributed by atoms with Crippen LogP contribution in [-0.4, -0.2) is 30.1 Å². The van der Waals surface area contributed by atoms with Crippen LogP contribution in [0.15, 0.2) is 0 Å². The van der Waals surface area contributed by atoms with Crippen LogP contribution in [0.25, 0.3) is 0 Å². The van der Waals surface area contributed by atoms with Crippen LogP contribution in [0.5, 0.6) is 0 Å². The molecule has 0 aromatic heterocycles. The zero-order chi connectivity index (χ0) is 13.0. The predicted molar refractivity (Wildman–Crippen MR) is 74.6 cm³/mol. The largest absolute Gasteiger partial charge is 0.335 e. The van der Waals surface area contributed by atoms with Crippen LogP contribution < -0.4 is 5.32 Å². The molecule has 0 radical (unpaired) electrons. The molecule has 1 saturated carbocycles. The lowest BCUT2D eigenvalue weighted by atomic mass is 9.82. The molecule has 18 heavy (non-hydrogen) atoms. The van der Waals surface area contributed by atoms with Gasteiger partial charge in [0.25, 0.3) is 0 Å². The summed E-state index contributed by atoms with van der Waals surface area (Å²) in [5, 5.41) is 3.23. The van der Waals surface area contributed by atoms with E-state index in [1.54, 1.807) is 0 Å². The Morgan fingerprint density at radius 1 is 1.22 bits per heavy atom. The van der Waals surface area contributed by atoms with Crippen molar-refractivity contribution in [3.63, 3.8) is 0 Å². The Kier molecular flexibility index (Phi) is 4.52. The molecule has 0 atom stereocenters. The Labute approximate surface area is 111 Å². The number of likely N-dealkylation sites (tertiary alicyclic amines) is 1. The fourth-order valence-electron chi connectivity index (χ4n) is 3.45. The van der Waals surface area contributed by atoms with E-state index in [1.807, 2.05) is 4.90 Å². The highest BCUT2D eigenvalue weighted by atomic mass is 16.2. The smallest absolute Gasteiger partial charge is 0.317 e. The van der Waals surface area contributed by atoms with Crippen molar-refractivity contribution in [2.45, 2.75) is 71.3 Å². The summed E-state index contributed by atoms with van der Waals surface area (Å²) in [5.41, 5.74) is 0.393. The van der Waals surface area contributed by atoms with E-state index in [2.05, 4.69) is 19.2 Å². The number of hydrogen-bond acceptors (Lipinski definition) is 1. The van der Waals surface area contributed by atoms with E-state index in [4.69, 9.17) is 0 Å². The minimum absolute atomic E-state index is 0.186. The summed E-state index contributed by atoms with van der Waals surface area (Å²) in [4.78, 5) is 14.3. The summed E-state index contributed by atoms with van der Waals surface area (Å²) in [7, 11) is 0. The van der Waals surface area contributed by atoms with Crippen molar-refractivity contribution in [3.8, 4) is 0 Å². The molecule has 0 bridgehead atoms. The van der Waals surface area contributed by atoms with Crippen molar-refractivity contribution in [1.29, 1.82) is 0 Å². The van der Waals surface area contributed by atoms with Crippen LogP contribution in [0, 0.1) is 5.41 Å². The van der Waals surface area contributed by atoms with Gasteiger partial charge < -0.3 is 10.2 Å². The minimum Gasteiger partial charge on any atom is -0.335 e. The Hall–Kier alpha value is -0.730. The van der Waals surface area contributed by atoms with E-state index < -0.39 is 0 Å². The Morgan fingerprint density at radius 3 is 2.44 bits per heavy atom. The number of amides is 2. The fraction of sp³-hybridized carbons (Fsp3) is 0.933. The second kappa shape index (κ2) is 5.94. The molecule has 2 rings (SSSR count). The van der Waals surface area contributed by atoms with E-state index in [9.17, 15) is 4.79 Å². The molecular weight excluding hydrogens is 224 g/mol. The number of rotatable bonds is 3. The van der Waals surface area contributed by atoms with Gasteiger partial charge in [0.2, 0.25) is 0 Å². The molecule has 2 amide bonds. The zero-order valence-corrected chi connectivity index (χ0v) is 12.0. The molecule has 0 aromatic rings. The van der Waals surface area contributed by atoms with Crippen molar-refractivity contribution < 1.29 is 4.79 Å². The molecule has 104 valence electrons. The molecule has 2 aliphatic rings. The monoisotopic (exact) mass is 252 g/mol. The van der Waals surface area contributed by atoms with Gasteiger partial charge >= 0.3 is 6.03 Å². The number of carbonyl (C=O) groups excluding carboxylic acids is 1. The first-order valence-corrected chi connectivity index (χ1v) is 7.74. The van der Waals surface area contributed by atoms with E-state index >= 15 is 0 Å². The normalized spacial score (nSPS) is 24.2. The lowest BCUT2D eigenvalue weighted by Crippen LogP contribution is -2.45. The highest BCUT2D eigenvalue weighted by molar-refractivity contribution is 5.75. The molecule has 0 aromatic carbocycles. The third-order valence-corrected chi connectivity index (χ3v) is 5.16. The van der Waals surface area contributed by atoms with Gasteiger partial charge in [-0.15, -0.1) is 0 Å². The van der Waals surface area contributed by atoms with Gasteiger partial charge in [0.1, 0.15) is 0 Å². The zero-order valence-electron chi connectivity index (χ0n) is 12.0. The third kappa shape index (κ3) is 2.99. The highest BCUT2D eigenvalue weighted by Gasteiger charge is 2.37. The average molecular weight is 252 g/mol. The van der Waals surface area contributed by atoms with E-state index in [-0.39, 0.29) is 6.03 Å². The molecule has 1 aliphatic heterocycles. The van der Waals surface area contributed by atoms with Crippen molar-refractivity contribution in [2.75, 3.05) is 13.1 Å². The molecule has 1 aliphatic carbocycles. The van der Waals surface area contributed by atoms with Gasteiger partial charge in [-0.1, -0.05) is 33.1 Å². The predicted octanol–water partition coefficient (Wildman–Crippen LogP) is 3.54. The van der Waals surface area contributed by atoms with Crippen LogP contribution >= 0.6 is 0 Å². The molecule has 1 heterocycles. The maximum absolute atomic E-state index is 12.2. The summed E-state index contributed by atoms with van der Waals surface area (Å²) in [5.74, 6) is 0. The lowest BCUT2D eigenvalue weighted by Gasteiger charge is -2.28. The third-order valence-electron chi connectivity index (χ3n) is 5.16. The number of nitrogens with zero attached hydrogens (tertiary/aromatic N) is 1. The van der Waals surface area contributed by atoms with Crippen LogP contribution in [0.1, 0.15) is 65.2 Å². The van der Waals surface area contributed by atoms with Crippen LogP contribution in [0.3, 0.4) is 0 Å². The average Bonchev–Trinajstić information content (AvgIpc) is 2.85. The Balaban J connectivity index is 1.83. The van der Waals surface area contributed by atoms with Crippen molar-refractivity contribution >= 4 is 6.03 Å². The fourth-order valence-corrected chi connectivity index (χ4v) is 3.45. The highest BCUT2D eigenvalue weighted by Crippen LogP contribution is 2.36. The van der Waals surface area contributed by atoms with Gasteiger partial charge in [0, 0.05) is 19.1 Å². The molecule has 1 saturated heterocycles. The first kappa shape index (κ1) is 13.7.